The molecule has 2 N–H and O–H groups in total. The second kappa shape index (κ2) is 6.37. The van der Waals surface area contributed by atoms with Crippen molar-refractivity contribution < 1.29 is 4.79 Å². The second-order valence-corrected chi connectivity index (χ2v) is 5.40. The quantitative estimate of drug-likeness (QED) is 0.862. The fraction of sp³-hybridized carbons (Fsp3) is 0.714. The van der Waals surface area contributed by atoms with Crippen molar-refractivity contribution in [3.63, 3.8) is 0 Å². The standard InChI is InChI=1S/C14H25N5O/c1-4-19-13(9-11(2)16-19)14(20)18-7-5-17(6-8-18)12(3)10-15/h9,12H,4-8,10,15H2,1-3H3. The predicted molar refractivity (Wildman–Crippen MR) is 78.6 cm³/mol. The Morgan fingerprint density at radius 1 is 1.40 bits per heavy atom. The van der Waals surface area contributed by atoms with Crippen molar-refractivity contribution in [2.45, 2.75) is 33.4 Å². The maximum atomic E-state index is 12.6. The monoisotopic (exact) mass is 279 g/mol. The number of carbonyl (C=O) groups excluding carboxylic acids is 1. The number of aromatic nitrogens is 2. The summed E-state index contributed by atoms with van der Waals surface area (Å²) in [4.78, 5) is 16.8. The van der Waals surface area contributed by atoms with Crippen LogP contribution >= 0.6 is 0 Å². The summed E-state index contributed by atoms with van der Waals surface area (Å²) in [5.41, 5.74) is 7.29. The molecule has 1 atom stereocenters. The van der Waals surface area contributed by atoms with E-state index in [1.807, 2.05) is 24.8 Å². The minimum Gasteiger partial charge on any atom is -0.335 e. The largest absolute Gasteiger partial charge is 0.335 e. The molecule has 0 aromatic carbocycles. The van der Waals surface area contributed by atoms with Gasteiger partial charge in [0.2, 0.25) is 0 Å². The molecule has 1 fully saturated rings. The van der Waals surface area contributed by atoms with Gasteiger partial charge in [0.1, 0.15) is 5.69 Å². The van der Waals surface area contributed by atoms with E-state index in [4.69, 9.17) is 5.73 Å². The molecule has 2 rings (SSSR count). The van der Waals surface area contributed by atoms with Crippen LogP contribution in [0, 0.1) is 6.92 Å². The molecule has 2 heterocycles. The summed E-state index contributed by atoms with van der Waals surface area (Å²) in [6.45, 7) is 10.7. The molecule has 112 valence electrons. The third kappa shape index (κ3) is 3.02. The summed E-state index contributed by atoms with van der Waals surface area (Å²) >= 11 is 0. The fourth-order valence-electron chi connectivity index (χ4n) is 2.64. The highest BCUT2D eigenvalue weighted by Gasteiger charge is 2.26. The van der Waals surface area contributed by atoms with Crippen molar-refractivity contribution in [2.24, 2.45) is 5.73 Å². The minimum atomic E-state index is 0.0903. The lowest BCUT2D eigenvalue weighted by Crippen LogP contribution is -2.53. The number of aryl methyl sites for hydroxylation is 2. The summed E-state index contributed by atoms with van der Waals surface area (Å²) < 4.78 is 1.78. The van der Waals surface area contributed by atoms with Gasteiger partial charge in [0, 0.05) is 45.3 Å². The highest BCUT2D eigenvalue weighted by Crippen LogP contribution is 2.12. The van der Waals surface area contributed by atoms with Crippen molar-refractivity contribution in [3.8, 4) is 0 Å². The summed E-state index contributed by atoms with van der Waals surface area (Å²) in [5, 5.41) is 4.34. The second-order valence-electron chi connectivity index (χ2n) is 5.40. The van der Waals surface area contributed by atoms with Gasteiger partial charge in [-0.15, -0.1) is 0 Å². The zero-order valence-corrected chi connectivity index (χ0v) is 12.7. The molecule has 0 aliphatic carbocycles. The smallest absolute Gasteiger partial charge is 0.272 e. The SMILES string of the molecule is CCn1nc(C)cc1C(=O)N1CCN(C(C)CN)CC1. The third-order valence-electron chi connectivity index (χ3n) is 3.99. The molecule has 1 aliphatic rings. The lowest BCUT2D eigenvalue weighted by Gasteiger charge is -2.37. The van der Waals surface area contributed by atoms with E-state index >= 15 is 0 Å². The van der Waals surface area contributed by atoms with E-state index in [0.29, 0.717) is 18.3 Å². The Bertz CT molecular complexity index is 462. The van der Waals surface area contributed by atoms with Crippen molar-refractivity contribution in [3.05, 3.63) is 17.5 Å². The van der Waals surface area contributed by atoms with E-state index in [2.05, 4.69) is 16.9 Å². The lowest BCUT2D eigenvalue weighted by molar-refractivity contribution is 0.0577. The molecule has 1 amide bonds. The Kier molecular flexibility index (Phi) is 4.77. The molecule has 0 saturated carbocycles. The zero-order valence-electron chi connectivity index (χ0n) is 12.7. The van der Waals surface area contributed by atoms with E-state index in [-0.39, 0.29) is 5.91 Å². The van der Waals surface area contributed by atoms with Crippen LogP contribution in [0.3, 0.4) is 0 Å². The van der Waals surface area contributed by atoms with Crippen LogP contribution in [0.1, 0.15) is 30.0 Å². The van der Waals surface area contributed by atoms with Gasteiger partial charge in [0.15, 0.2) is 0 Å². The molecule has 20 heavy (non-hydrogen) atoms. The van der Waals surface area contributed by atoms with E-state index in [9.17, 15) is 4.79 Å². The molecular formula is C14H25N5O. The molecule has 6 nitrogen and oxygen atoms in total. The third-order valence-corrected chi connectivity index (χ3v) is 3.99. The number of amides is 1. The number of hydrogen-bond acceptors (Lipinski definition) is 4. The average molecular weight is 279 g/mol. The van der Waals surface area contributed by atoms with Crippen LogP contribution in [0.25, 0.3) is 0 Å². The topological polar surface area (TPSA) is 67.4 Å². The number of piperazine rings is 1. The summed E-state index contributed by atoms with van der Waals surface area (Å²) in [5.74, 6) is 0.0903. The number of rotatable bonds is 4. The number of carbonyl (C=O) groups is 1. The van der Waals surface area contributed by atoms with Gasteiger partial charge in [-0.25, -0.2) is 0 Å². The number of nitrogens with zero attached hydrogens (tertiary/aromatic N) is 4. The molecular weight excluding hydrogens is 254 g/mol. The summed E-state index contributed by atoms with van der Waals surface area (Å²) in [6, 6.07) is 2.26. The first-order valence-electron chi connectivity index (χ1n) is 7.34. The van der Waals surface area contributed by atoms with Gasteiger partial charge in [0.25, 0.3) is 5.91 Å². The summed E-state index contributed by atoms with van der Waals surface area (Å²) in [6.07, 6.45) is 0. The predicted octanol–water partition coefficient (Wildman–Crippen LogP) is 0.316. The van der Waals surface area contributed by atoms with Crippen LogP contribution in [-0.2, 0) is 6.54 Å². The number of nitrogens with two attached hydrogens (primary N) is 1. The maximum Gasteiger partial charge on any atom is 0.272 e. The normalized spacial score (nSPS) is 18.3. The van der Waals surface area contributed by atoms with E-state index in [1.54, 1.807) is 4.68 Å². The minimum absolute atomic E-state index is 0.0903. The first kappa shape index (κ1) is 15.0. The molecule has 1 aromatic rings. The molecule has 1 unspecified atom stereocenters. The highest BCUT2D eigenvalue weighted by molar-refractivity contribution is 5.92. The Morgan fingerprint density at radius 2 is 2.05 bits per heavy atom. The van der Waals surface area contributed by atoms with Crippen LogP contribution in [0.2, 0.25) is 0 Å². The average Bonchev–Trinajstić information content (AvgIpc) is 2.87. The first-order chi connectivity index (χ1) is 9.56. The Morgan fingerprint density at radius 3 is 2.60 bits per heavy atom. The van der Waals surface area contributed by atoms with Gasteiger partial charge in [0.05, 0.1) is 5.69 Å². The Hall–Kier alpha value is -1.40. The molecule has 1 aliphatic heterocycles. The molecule has 0 radical (unpaired) electrons. The first-order valence-corrected chi connectivity index (χ1v) is 7.34. The van der Waals surface area contributed by atoms with Crippen LogP contribution in [0.15, 0.2) is 6.07 Å². The van der Waals surface area contributed by atoms with Gasteiger partial charge >= 0.3 is 0 Å². The molecule has 0 bridgehead atoms. The highest BCUT2D eigenvalue weighted by atomic mass is 16.2. The number of hydrogen-bond donors (Lipinski definition) is 1. The molecule has 6 heteroatoms. The summed E-state index contributed by atoms with van der Waals surface area (Å²) in [7, 11) is 0. The van der Waals surface area contributed by atoms with Gasteiger partial charge in [-0.05, 0) is 26.8 Å². The molecule has 1 saturated heterocycles. The molecule has 0 spiro atoms. The van der Waals surface area contributed by atoms with Crippen molar-refractivity contribution in [1.29, 1.82) is 0 Å². The Labute approximate surface area is 120 Å². The molecule has 1 aromatic heterocycles. The van der Waals surface area contributed by atoms with Crippen molar-refractivity contribution >= 4 is 5.91 Å². The van der Waals surface area contributed by atoms with E-state index in [0.717, 1.165) is 38.4 Å². The van der Waals surface area contributed by atoms with Crippen molar-refractivity contribution in [1.82, 2.24) is 19.6 Å². The van der Waals surface area contributed by atoms with Crippen LogP contribution in [-0.4, -0.2) is 64.3 Å². The van der Waals surface area contributed by atoms with E-state index < -0.39 is 0 Å². The van der Waals surface area contributed by atoms with Gasteiger partial charge in [-0.3, -0.25) is 14.4 Å². The zero-order chi connectivity index (χ0) is 14.7. The fourth-order valence-corrected chi connectivity index (χ4v) is 2.64. The van der Waals surface area contributed by atoms with Gasteiger partial charge in [-0.1, -0.05) is 0 Å². The van der Waals surface area contributed by atoms with E-state index in [1.165, 1.54) is 0 Å². The van der Waals surface area contributed by atoms with Crippen LogP contribution < -0.4 is 5.73 Å². The van der Waals surface area contributed by atoms with Gasteiger partial charge in [-0.2, -0.15) is 5.10 Å². The van der Waals surface area contributed by atoms with Crippen molar-refractivity contribution in [2.75, 3.05) is 32.7 Å². The van der Waals surface area contributed by atoms with Crippen LogP contribution in [0.4, 0.5) is 0 Å². The Balaban J connectivity index is 2.01. The lowest BCUT2D eigenvalue weighted by atomic mass is 10.2. The van der Waals surface area contributed by atoms with Gasteiger partial charge < -0.3 is 10.6 Å². The van der Waals surface area contributed by atoms with Crippen LogP contribution in [0.5, 0.6) is 0 Å². The maximum absolute atomic E-state index is 12.6.